The summed E-state index contributed by atoms with van der Waals surface area (Å²) in [5.74, 6) is 1.19. The van der Waals surface area contributed by atoms with Crippen LogP contribution in [-0.2, 0) is 0 Å². The molecule has 0 bridgehead atoms. The Morgan fingerprint density at radius 2 is 2.25 bits per heavy atom. The first-order chi connectivity index (χ1) is 5.59. The number of nitrogens with one attached hydrogen (secondary N) is 1. The van der Waals surface area contributed by atoms with E-state index in [2.05, 4.69) is 25.4 Å². The lowest BCUT2D eigenvalue weighted by atomic mass is 9.67. The zero-order valence-corrected chi connectivity index (χ0v) is 9.63. The average Bonchev–Trinajstić information content (AvgIpc) is 2.04. The molecule has 1 fully saturated rings. The maximum absolute atomic E-state index is 6.10. The van der Waals surface area contributed by atoms with Crippen LogP contribution in [-0.4, -0.2) is 30.0 Å². The molecule has 1 rings (SSSR count). The van der Waals surface area contributed by atoms with E-state index in [9.17, 15) is 0 Å². The molecule has 0 amide bonds. The standard InChI is InChI=1S/C9H18ClNS/c1-9(2)7(10)6-8(9)11-4-5-12-3/h7-8,11H,4-6H2,1-3H3. The number of thioether (sulfide) groups is 1. The molecule has 1 saturated carbocycles. The van der Waals surface area contributed by atoms with Gasteiger partial charge in [-0.3, -0.25) is 0 Å². The monoisotopic (exact) mass is 207 g/mol. The first-order valence-corrected chi connectivity index (χ1v) is 6.28. The number of halogens is 1. The second-order valence-electron chi connectivity index (χ2n) is 4.02. The lowest BCUT2D eigenvalue weighted by Crippen LogP contribution is -2.58. The molecule has 72 valence electrons. The summed E-state index contributed by atoms with van der Waals surface area (Å²) in [6.45, 7) is 5.59. The van der Waals surface area contributed by atoms with Crippen LogP contribution in [0.15, 0.2) is 0 Å². The van der Waals surface area contributed by atoms with E-state index < -0.39 is 0 Å². The van der Waals surface area contributed by atoms with Crippen molar-refractivity contribution in [2.45, 2.75) is 31.7 Å². The highest BCUT2D eigenvalue weighted by molar-refractivity contribution is 7.98. The van der Waals surface area contributed by atoms with Crippen LogP contribution in [0.3, 0.4) is 0 Å². The largest absolute Gasteiger partial charge is 0.313 e. The highest BCUT2D eigenvalue weighted by atomic mass is 35.5. The Hall–Kier alpha value is 0.600. The van der Waals surface area contributed by atoms with Crippen molar-refractivity contribution in [3.05, 3.63) is 0 Å². The van der Waals surface area contributed by atoms with Crippen molar-refractivity contribution in [3.8, 4) is 0 Å². The fourth-order valence-corrected chi connectivity index (χ4v) is 2.21. The minimum atomic E-state index is 0.292. The first kappa shape index (κ1) is 10.7. The van der Waals surface area contributed by atoms with Gasteiger partial charge >= 0.3 is 0 Å². The van der Waals surface area contributed by atoms with Crippen LogP contribution in [0.2, 0.25) is 0 Å². The van der Waals surface area contributed by atoms with E-state index in [-0.39, 0.29) is 0 Å². The van der Waals surface area contributed by atoms with Crippen molar-refractivity contribution >= 4 is 23.4 Å². The van der Waals surface area contributed by atoms with Crippen molar-refractivity contribution in [1.29, 1.82) is 0 Å². The maximum Gasteiger partial charge on any atom is 0.0416 e. The van der Waals surface area contributed by atoms with Crippen LogP contribution in [0.4, 0.5) is 0 Å². The topological polar surface area (TPSA) is 12.0 Å². The Balaban J connectivity index is 2.19. The highest BCUT2D eigenvalue weighted by Crippen LogP contribution is 2.44. The van der Waals surface area contributed by atoms with Crippen molar-refractivity contribution in [2.24, 2.45) is 5.41 Å². The molecule has 0 aromatic rings. The Bertz CT molecular complexity index is 149. The van der Waals surface area contributed by atoms with Crippen LogP contribution in [0.25, 0.3) is 0 Å². The molecule has 1 aliphatic rings. The summed E-state index contributed by atoms with van der Waals surface area (Å²) in [4.78, 5) is 0. The van der Waals surface area contributed by atoms with Gasteiger partial charge in [0.15, 0.2) is 0 Å². The predicted molar refractivity (Wildman–Crippen MR) is 58.2 cm³/mol. The molecule has 0 aliphatic heterocycles. The Labute approximate surface area is 84.6 Å². The third-order valence-corrected chi connectivity index (χ3v) is 4.20. The molecule has 1 N–H and O–H groups in total. The van der Waals surface area contributed by atoms with Gasteiger partial charge in [0.2, 0.25) is 0 Å². The van der Waals surface area contributed by atoms with Gasteiger partial charge in [0.1, 0.15) is 0 Å². The van der Waals surface area contributed by atoms with Gasteiger partial charge in [-0.25, -0.2) is 0 Å². The molecule has 3 heteroatoms. The molecule has 12 heavy (non-hydrogen) atoms. The lowest BCUT2D eigenvalue weighted by Gasteiger charge is -2.49. The minimum absolute atomic E-state index is 0.292. The summed E-state index contributed by atoms with van der Waals surface area (Å²) in [5.41, 5.74) is 0.292. The zero-order chi connectivity index (χ0) is 9.19. The number of alkyl halides is 1. The first-order valence-electron chi connectivity index (χ1n) is 4.45. The minimum Gasteiger partial charge on any atom is -0.313 e. The molecule has 1 aliphatic carbocycles. The number of rotatable bonds is 4. The molecule has 0 aromatic heterocycles. The molecular formula is C9H18ClNS. The van der Waals surface area contributed by atoms with E-state index >= 15 is 0 Å². The maximum atomic E-state index is 6.10. The van der Waals surface area contributed by atoms with E-state index in [1.54, 1.807) is 0 Å². The van der Waals surface area contributed by atoms with E-state index in [0.29, 0.717) is 16.8 Å². The molecule has 2 unspecified atom stereocenters. The lowest BCUT2D eigenvalue weighted by molar-refractivity contribution is 0.119. The fraction of sp³-hybridized carbons (Fsp3) is 1.00. The summed E-state index contributed by atoms with van der Waals surface area (Å²) in [6, 6.07) is 0.632. The smallest absolute Gasteiger partial charge is 0.0416 e. The molecular weight excluding hydrogens is 190 g/mol. The van der Waals surface area contributed by atoms with Crippen LogP contribution in [0, 0.1) is 5.41 Å². The number of hydrogen-bond donors (Lipinski definition) is 1. The van der Waals surface area contributed by atoms with Gasteiger partial charge in [-0.15, -0.1) is 11.6 Å². The number of hydrogen-bond acceptors (Lipinski definition) is 2. The second-order valence-corrected chi connectivity index (χ2v) is 5.54. The van der Waals surface area contributed by atoms with E-state index in [0.717, 1.165) is 13.0 Å². The van der Waals surface area contributed by atoms with Crippen molar-refractivity contribution < 1.29 is 0 Å². The molecule has 0 aromatic carbocycles. The molecule has 0 spiro atoms. The third kappa shape index (κ3) is 2.09. The molecule has 0 saturated heterocycles. The third-order valence-electron chi connectivity index (χ3n) is 2.84. The average molecular weight is 208 g/mol. The van der Waals surface area contributed by atoms with Crippen molar-refractivity contribution in [2.75, 3.05) is 18.6 Å². The SMILES string of the molecule is CSCCNC1CC(Cl)C1(C)C. The second kappa shape index (κ2) is 4.21. The Morgan fingerprint density at radius 1 is 1.58 bits per heavy atom. The van der Waals surface area contributed by atoms with Gasteiger partial charge < -0.3 is 5.32 Å². The summed E-state index contributed by atoms with van der Waals surface area (Å²) >= 11 is 7.99. The zero-order valence-electron chi connectivity index (χ0n) is 8.06. The summed E-state index contributed by atoms with van der Waals surface area (Å²) in [7, 11) is 0. The van der Waals surface area contributed by atoms with Crippen molar-refractivity contribution in [1.82, 2.24) is 5.32 Å². The molecule has 0 radical (unpaired) electrons. The van der Waals surface area contributed by atoms with E-state index in [1.807, 2.05) is 11.8 Å². The van der Waals surface area contributed by atoms with Crippen LogP contribution in [0.1, 0.15) is 20.3 Å². The van der Waals surface area contributed by atoms with Gasteiger partial charge in [0, 0.05) is 23.7 Å². The molecule has 0 heterocycles. The van der Waals surface area contributed by atoms with Gasteiger partial charge in [0.25, 0.3) is 0 Å². The van der Waals surface area contributed by atoms with Gasteiger partial charge in [-0.05, 0) is 18.1 Å². The van der Waals surface area contributed by atoms with Crippen LogP contribution < -0.4 is 5.32 Å². The summed E-state index contributed by atoms with van der Waals surface area (Å²) in [5, 5.41) is 3.90. The highest BCUT2D eigenvalue weighted by Gasteiger charge is 2.46. The fourth-order valence-electron chi connectivity index (χ4n) is 1.55. The van der Waals surface area contributed by atoms with E-state index in [1.165, 1.54) is 5.75 Å². The van der Waals surface area contributed by atoms with Gasteiger partial charge in [0.05, 0.1) is 0 Å². The van der Waals surface area contributed by atoms with Crippen LogP contribution >= 0.6 is 23.4 Å². The summed E-state index contributed by atoms with van der Waals surface area (Å²) in [6.07, 6.45) is 3.26. The van der Waals surface area contributed by atoms with E-state index in [4.69, 9.17) is 11.6 Å². The molecule has 1 nitrogen and oxygen atoms in total. The quantitative estimate of drug-likeness (QED) is 0.561. The Kier molecular flexibility index (Phi) is 3.74. The van der Waals surface area contributed by atoms with Gasteiger partial charge in [-0.2, -0.15) is 11.8 Å². The normalized spacial score (nSPS) is 33.0. The van der Waals surface area contributed by atoms with Crippen molar-refractivity contribution in [3.63, 3.8) is 0 Å². The van der Waals surface area contributed by atoms with Gasteiger partial charge in [-0.1, -0.05) is 13.8 Å². The van der Waals surface area contributed by atoms with Crippen LogP contribution in [0.5, 0.6) is 0 Å². The Morgan fingerprint density at radius 3 is 2.67 bits per heavy atom. The summed E-state index contributed by atoms with van der Waals surface area (Å²) < 4.78 is 0. The molecule has 2 atom stereocenters. The predicted octanol–water partition coefficient (Wildman–Crippen LogP) is 2.34.